The first-order valence-corrected chi connectivity index (χ1v) is 7.09. The van der Waals surface area contributed by atoms with Crippen LogP contribution in [-0.2, 0) is 0 Å². The van der Waals surface area contributed by atoms with Gasteiger partial charge in [-0.15, -0.1) is 0 Å². The molecule has 0 aliphatic rings. The number of hydrogen-bond donors (Lipinski definition) is 1. The molecule has 1 N–H and O–H groups in total. The second-order valence-electron chi connectivity index (χ2n) is 2.48. The molecule has 0 aromatic carbocycles. The molecule has 0 aliphatic carbocycles. The van der Waals surface area contributed by atoms with Crippen molar-refractivity contribution in [3.8, 4) is 0 Å². The van der Waals surface area contributed by atoms with E-state index in [0.717, 1.165) is 18.5 Å². The first-order chi connectivity index (χ1) is 3.96. The predicted molar refractivity (Wildman–Crippen MR) is 46.6 cm³/mol. The van der Waals surface area contributed by atoms with Gasteiger partial charge in [-0.05, 0) is 0 Å². The van der Waals surface area contributed by atoms with Crippen molar-refractivity contribution >= 4 is 17.4 Å². The number of halogens is 1. The van der Waals surface area contributed by atoms with E-state index in [1.54, 1.807) is 0 Å². The predicted octanol–water partition coefficient (Wildman–Crippen LogP) is 2.66. The fourth-order valence-corrected chi connectivity index (χ4v) is 2.01. The van der Waals surface area contributed by atoms with Crippen LogP contribution in [0, 0.1) is 0 Å². The van der Waals surface area contributed by atoms with Crippen LogP contribution in [0.4, 0.5) is 0 Å². The number of hydrogen-bond acceptors (Lipinski definition) is 1. The molecular weight excluding hydrogens is 154 g/mol. The summed E-state index contributed by atoms with van der Waals surface area (Å²) in [6, 6.07) is 0. The van der Waals surface area contributed by atoms with Gasteiger partial charge in [0.15, 0.2) is 0 Å². The molecule has 0 aromatic heterocycles. The maximum atomic E-state index is 9.80. The van der Waals surface area contributed by atoms with Crippen molar-refractivity contribution in [2.75, 3.05) is 18.5 Å². The van der Waals surface area contributed by atoms with Crippen molar-refractivity contribution in [2.45, 2.75) is 20.8 Å². The molecule has 0 rings (SSSR count). The van der Waals surface area contributed by atoms with Gasteiger partial charge >= 0.3 is 61.6 Å². The molecule has 0 aliphatic heterocycles. The average Bonchev–Trinajstić information content (AvgIpc) is 1.90. The Hall–Kier alpha value is 0.680. The molecule has 0 bridgehead atoms. The van der Waals surface area contributed by atoms with Crippen molar-refractivity contribution in [3.63, 3.8) is 0 Å². The summed E-state index contributed by atoms with van der Waals surface area (Å²) in [5, 5.41) is 0. The van der Waals surface area contributed by atoms with Crippen LogP contribution in [0.1, 0.15) is 20.8 Å². The monoisotopic (exact) mass is 170 g/mol. The zero-order chi connectivity index (χ0) is 7.57. The van der Waals surface area contributed by atoms with Crippen LogP contribution in [0.3, 0.4) is 0 Å². The van der Waals surface area contributed by atoms with E-state index in [1.807, 2.05) is 20.8 Å². The Morgan fingerprint density at radius 1 is 1.11 bits per heavy atom. The molecule has 58 valence electrons. The Labute approximate surface area is 62.2 Å². The minimum atomic E-state index is -2.65. The Bertz CT molecular complexity index is 84.2. The first kappa shape index (κ1) is 9.68. The molecule has 0 unspecified atom stereocenters. The van der Waals surface area contributed by atoms with Gasteiger partial charge in [0, 0.05) is 0 Å². The van der Waals surface area contributed by atoms with Gasteiger partial charge in [-0.1, -0.05) is 0 Å². The van der Waals surface area contributed by atoms with Crippen LogP contribution in [0.25, 0.3) is 0 Å². The van der Waals surface area contributed by atoms with Crippen LogP contribution >= 0.6 is 17.4 Å². The summed E-state index contributed by atoms with van der Waals surface area (Å²) >= 11 is 6.03. The Morgan fingerprint density at radius 3 is 1.33 bits per heavy atom. The average molecular weight is 171 g/mol. The van der Waals surface area contributed by atoms with E-state index in [1.165, 1.54) is 0 Å². The normalized spacial score (nSPS) is 16.8. The molecule has 9 heavy (non-hydrogen) atoms. The second kappa shape index (κ2) is 2.74. The molecule has 0 amide bonds. The summed E-state index contributed by atoms with van der Waals surface area (Å²) in [5.41, 5.74) is 0. The zero-order valence-corrected chi connectivity index (χ0v) is 8.04. The van der Waals surface area contributed by atoms with Gasteiger partial charge in [-0.3, -0.25) is 0 Å². The molecule has 1 nitrogen and oxygen atoms in total. The summed E-state index contributed by atoms with van der Waals surface area (Å²) in [6.45, 7) is 5.87. The van der Waals surface area contributed by atoms with Gasteiger partial charge in [0.25, 0.3) is 0 Å². The Morgan fingerprint density at radius 2 is 1.33 bits per heavy atom. The zero-order valence-electron chi connectivity index (χ0n) is 6.39. The molecular formula is C6H16ClOP. The summed E-state index contributed by atoms with van der Waals surface area (Å²) in [7, 11) is 0. The molecule has 0 atom stereocenters. The van der Waals surface area contributed by atoms with Crippen LogP contribution in [0.15, 0.2) is 0 Å². The van der Waals surface area contributed by atoms with Crippen LogP contribution in [0.2, 0.25) is 0 Å². The molecule has 0 fully saturated rings. The molecule has 0 heterocycles. The summed E-state index contributed by atoms with van der Waals surface area (Å²) in [6.07, 6.45) is -0.446. The molecule has 0 saturated carbocycles. The van der Waals surface area contributed by atoms with Crippen LogP contribution < -0.4 is 0 Å². The summed E-state index contributed by atoms with van der Waals surface area (Å²) in [5.74, 6) is 0. The van der Waals surface area contributed by atoms with Crippen molar-refractivity contribution < 1.29 is 4.89 Å². The summed E-state index contributed by atoms with van der Waals surface area (Å²) in [4.78, 5) is 9.80. The maximum absolute atomic E-state index is 9.80. The van der Waals surface area contributed by atoms with E-state index in [2.05, 4.69) is 0 Å². The fourth-order valence-electron chi connectivity index (χ4n) is 0.671. The van der Waals surface area contributed by atoms with E-state index in [4.69, 9.17) is 11.2 Å². The van der Waals surface area contributed by atoms with Crippen molar-refractivity contribution in [1.29, 1.82) is 0 Å². The van der Waals surface area contributed by atoms with Gasteiger partial charge in [0.2, 0.25) is 0 Å². The minimum absolute atomic E-state index is 0.736. The third-order valence-electron chi connectivity index (χ3n) is 2.12. The third kappa shape index (κ3) is 2.41. The fraction of sp³-hybridized carbons (Fsp3) is 1.00. The van der Waals surface area contributed by atoms with E-state index in [0.29, 0.717) is 0 Å². The SMILES string of the molecule is CCP(O)(Cl)(CC)CC. The molecule has 3 heteroatoms. The van der Waals surface area contributed by atoms with Gasteiger partial charge in [-0.25, -0.2) is 0 Å². The van der Waals surface area contributed by atoms with E-state index < -0.39 is 6.18 Å². The quantitative estimate of drug-likeness (QED) is 0.646. The van der Waals surface area contributed by atoms with Gasteiger partial charge in [-0.2, -0.15) is 0 Å². The standard InChI is InChI=1S/C6H16ClOP/c1-4-9(7,8,5-2)6-3/h8H,4-6H2,1-3H3. The van der Waals surface area contributed by atoms with E-state index in [-0.39, 0.29) is 0 Å². The molecule has 0 spiro atoms. The van der Waals surface area contributed by atoms with Crippen molar-refractivity contribution in [1.82, 2.24) is 0 Å². The number of rotatable bonds is 3. The van der Waals surface area contributed by atoms with E-state index in [9.17, 15) is 4.89 Å². The second-order valence-corrected chi connectivity index (χ2v) is 10.0. The van der Waals surface area contributed by atoms with Gasteiger partial charge < -0.3 is 0 Å². The Balaban J connectivity index is 4.20. The third-order valence-corrected chi connectivity index (χ3v) is 8.52. The molecule has 0 aromatic rings. The van der Waals surface area contributed by atoms with Crippen molar-refractivity contribution in [3.05, 3.63) is 0 Å². The topological polar surface area (TPSA) is 20.2 Å². The van der Waals surface area contributed by atoms with Gasteiger partial charge in [0.05, 0.1) is 0 Å². The van der Waals surface area contributed by atoms with Crippen LogP contribution in [-0.4, -0.2) is 23.4 Å². The Kier molecular flexibility index (Phi) is 2.94. The summed E-state index contributed by atoms with van der Waals surface area (Å²) < 4.78 is 0. The van der Waals surface area contributed by atoms with Crippen molar-refractivity contribution in [2.24, 2.45) is 0 Å². The molecule has 0 radical (unpaired) electrons. The van der Waals surface area contributed by atoms with Crippen LogP contribution in [0.5, 0.6) is 0 Å². The molecule has 0 saturated heterocycles. The first-order valence-electron chi connectivity index (χ1n) is 3.44. The van der Waals surface area contributed by atoms with E-state index >= 15 is 0 Å². The van der Waals surface area contributed by atoms with Gasteiger partial charge in [0.1, 0.15) is 0 Å².